The van der Waals surface area contributed by atoms with Gasteiger partial charge in [0, 0.05) is 34.2 Å². The standard InChI is InChI=1S/C21H18ClN5/c22-17-8-9-20-19(10-17)16(11-25-26-21(23)24)13-27(20)12-15-6-3-5-14-4-1-2-7-18(14)15/h1-11,13H,12H2,(H4,23,24,26)/b25-11+. The smallest absolute Gasteiger partial charge is 0.211 e. The van der Waals surface area contributed by atoms with Crippen LogP contribution in [0.4, 0.5) is 0 Å². The lowest BCUT2D eigenvalue weighted by Crippen LogP contribution is -2.21. The van der Waals surface area contributed by atoms with E-state index in [1.54, 1.807) is 6.21 Å². The van der Waals surface area contributed by atoms with Crippen LogP contribution >= 0.6 is 11.6 Å². The van der Waals surface area contributed by atoms with E-state index in [1.807, 2.05) is 24.4 Å². The molecule has 0 aliphatic heterocycles. The van der Waals surface area contributed by atoms with Crippen molar-refractivity contribution >= 4 is 45.5 Å². The van der Waals surface area contributed by atoms with Gasteiger partial charge in [0.25, 0.3) is 0 Å². The highest BCUT2D eigenvalue weighted by Gasteiger charge is 2.10. The Hall–Kier alpha value is -3.31. The molecule has 134 valence electrons. The van der Waals surface area contributed by atoms with Crippen molar-refractivity contribution in [2.24, 2.45) is 21.7 Å². The Bertz CT molecular complexity index is 1180. The van der Waals surface area contributed by atoms with Crippen molar-refractivity contribution in [2.45, 2.75) is 6.54 Å². The van der Waals surface area contributed by atoms with Crippen LogP contribution in [-0.2, 0) is 6.54 Å². The first kappa shape index (κ1) is 17.1. The number of guanidine groups is 1. The van der Waals surface area contributed by atoms with Gasteiger partial charge in [0.1, 0.15) is 0 Å². The molecular formula is C21H18ClN5. The van der Waals surface area contributed by atoms with Crippen LogP contribution < -0.4 is 11.5 Å². The van der Waals surface area contributed by atoms with E-state index in [-0.39, 0.29) is 5.96 Å². The third kappa shape index (κ3) is 3.50. The minimum Gasteiger partial charge on any atom is -0.369 e. The van der Waals surface area contributed by atoms with Crippen LogP contribution in [-0.4, -0.2) is 16.7 Å². The van der Waals surface area contributed by atoms with Crippen molar-refractivity contribution in [3.8, 4) is 0 Å². The van der Waals surface area contributed by atoms with Gasteiger partial charge in [-0.05, 0) is 34.5 Å². The van der Waals surface area contributed by atoms with E-state index in [1.165, 1.54) is 16.3 Å². The van der Waals surface area contributed by atoms with Crippen molar-refractivity contribution in [2.75, 3.05) is 0 Å². The second-order valence-corrected chi connectivity index (χ2v) is 6.72. The number of hydrogen-bond donors (Lipinski definition) is 2. The van der Waals surface area contributed by atoms with E-state index in [0.717, 1.165) is 23.0 Å². The predicted molar refractivity (Wildman–Crippen MR) is 113 cm³/mol. The molecule has 0 atom stereocenters. The Kier molecular flexibility index (Phi) is 4.52. The average Bonchev–Trinajstić information content (AvgIpc) is 2.98. The molecule has 0 saturated heterocycles. The average molecular weight is 376 g/mol. The van der Waals surface area contributed by atoms with Gasteiger partial charge in [-0.3, -0.25) is 0 Å². The van der Waals surface area contributed by atoms with Gasteiger partial charge in [-0.2, -0.15) is 5.10 Å². The van der Waals surface area contributed by atoms with Crippen LogP contribution in [0.15, 0.2) is 77.1 Å². The molecule has 0 unspecified atom stereocenters. The number of hydrogen-bond acceptors (Lipinski definition) is 2. The molecule has 0 fully saturated rings. The van der Waals surface area contributed by atoms with E-state index in [2.05, 4.69) is 57.2 Å². The van der Waals surface area contributed by atoms with E-state index in [4.69, 9.17) is 23.1 Å². The maximum atomic E-state index is 6.20. The van der Waals surface area contributed by atoms with Crippen LogP contribution in [0.25, 0.3) is 21.7 Å². The monoisotopic (exact) mass is 375 g/mol. The lowest BCUT2D eigenvalue weighted by atomic mass is 10.0. The molecule has 3 aromatic carbocycles. The first-order valence-electron chi connectivity index (χ1n) is 8.49. The Balaban J connectivity index is 1.82. The van der Waals surface area contributed by atoms with Crippen LogP contribution in [0, 0.1) is 0 Å². The zero-order valence-electron chi connectivity index (χ0n) is 14.5. The van der Waals surface area contributed by atoms with Gasteiger partial charge in [-0.25, -0.2) is 0 Å². The Labute approximate surface area is 161 Å². The minimum absolute atomic E-state index is 0.0798. The molecule has 0 amide bonds. The fourth-order valence-electron chi connectivity index (χ4n) is 3.30. The molecule has 6 heteroatoms. The van der Waals surface area contributed by atoms with Crippen LogP contribution in [0.3, 0.4) is 0 Å². The van der Waals surface area contributed by atoms with Crippen LogP contribution in [0.2, 0.25) is 5.02 Å². The Morgan fingerprint density at radius 3 is 2.67 bits per heavy atom. The molecule has 0 spiro atoms. The summed E-state index contributed by atoms with van der Waals surface area (Å²) in [6.07, 6.45) is 3.67. The van der Waals surface area contributed by atoms with E-state index in [9.17, 15) is 0 Å². The Morgan fingerprint density at radius 2 is 1.81 bits per heavy atom. The third-order valence-corrected chi connectivity index (χ3v) is 4.70. The van der Waals surface area contributed by atoms with Crippen molar-refractivity contribution in [3.05, 3.63) is 83.0 Å². The maximum Gasteiger partial charge on any atom is 0.211 e. The molecule has 27 heavy (non-hydrogen) atoms. The topological polar surface area (TPSA) is 81.7 Å². The number of nitrogens with zero attached hydrogens (tertiary/aromatic N) is 3. The first-order valence-corrected chi connectivity index (χ1v) is 8.86. The third-order valence-electron chi connectivity index (χ3n) is 4.46. The highest BCUT2D eigenvalue weighted by atomic mass is 35.5. The minimum atomic E-state index is -0.0798. The normalized spacial score (nSPS) is 11.4. The summed E-state index contributed by atoms with van der Waals surface area (Å²) in [7, 11) is 0. The zero-order chi connectivity index (χ0) is 18.8. The van der Waals surface area contributed by atoms with Crippen molar-refractivity contribution in [3.63, 3.8) is 0 Å². The summed E-state index contributed by atoms with van der Waals surface area (Å²) in [6, 6.07) is 20.6. The van der Waals surface area contributed by atoms with Gasteiger partial charge < -0.3 is 16.0 Å². The molecular weight excluding hydrogens is 358 g/mol. The quantitative estimate of drug-likeness (QED) is 0.320. The molecule has 0 aliphatic carbocycles. The number of fused-ring (bicyclic) bond motifs is 2. The summed E-state index contributed by atoms with van der Waals surface area (Å²) in [5, 5.41) is 11.8. The molecule has 0 aliphatic rings. The number of rotatable bonds is 4. The SMILES string of the molecule is NC(N)=N/N=C/c1cn(Cc2cccc3ccccc23)c2ccc(Cl)cc12. The number of aromatic nitrogens is 1. The van der Waals surface area contributed by atoms with E-state index < -0.39 is 0 Å². The molecule has 0 saturated carbocycles. The summed E-state index contributed by atoms with van der Waals surface area (Å²) in [5.74, 6) is -0.0798. The molecule has 0 bridgehead atoms. The molecule has 0 radical (unpaired) electrons. The molecule has 4 aromatic rings. The van der Waals surface area contributed by atoms with Crippen molar-refractivity contribution < 1.29 is 0 Å². The van der Waals surface area contributed by atoms with Crippen LogP contribution in [0.5, 0.6) is 0 Å². The Morgan fingerprint density at radius 1 is 1.00 bits per heavy atom. The van der Waals surface area contributed by atoms with Crippen molar-refractivity contribution in [1.82, 2.24) is 4.57 Å². The van der Waals surface area contributed by atoms with Gasteiger partial charge in [-0.1, -0.05) is 54.1 Å². The first-order chi connectivity index (χ1) is 13.1. The molecule has 4 rings (SSSR count). The van der Waals surface area contributed by atoms with Gasteiger partial charge in [-0.15, -0.1) is 5.10 Å². The lowest BCUT2D eigenvalue weighted by Gasteiger charge is -2.09. The largest absolute Gasteiger partial charge is 0.369 e. The van der Waals surface area contributed by atoms with Crippen LogP contribution in [0.1, 0.15) is 11.1 Å². The second kappa shape index (κ2) is 7.13. The molecule has 1 aromatic heterocycles. The van der Waals surface area contributed by atoms with Gasteiger partial charge in [0.2, 0.25) is 5.96 Å². The van der Waals surface area contributed by atoms with Gasteiger partial charge in [0.15, 0.2) is 0 Å². The molecule has 5 nitrogen and oxygen atoms in total. The molecule has 4 N–H and O–H groups in total. The lowest BCUT2D eigenvalue weighted by molar-refractivity contribution is 0.842. The van der Waals surface area contributed by atoms with Gasteiger partial charge in [0.05, 0.1) is 6.21 Å². The number of benzene rings is 3. The van der Waals surface area contributed by atoms with E-state index >= 15 is 0 Å². The summed E-state index contributed by atoms with van der Waals surface area (Å²) >= 11 is 6.20. The fraction of sp³-hybridized carbons (Fsp3) is 0.0476. The molecule has 1 heterocycles. The fourth-order valence-corrected chi connectivity index (χ4v) is 3.47. The maximum absolute atomic E-state index is 6.20. The van der Waals surface area contributed by atoms with E-state index in [0.29, 0.717) is 5.02 Å². The zero-order valence-corrected chi connectivity index (χ0v) is 15.3. The summed E-state index contributed by atoms with van der Waals surface area (Å²) in [4.78, 5) is 0. The predicted octanol–water partition coefficient (Wildman–Crippen LogP) is 4.10. The van der Waals surface area contributed by atoms with Crippen molar-refractivity contribution in [1.29, 1.82) is 0 Å². The summed E-state index contributed by atoms with van der Waals surface area (Å²) < 4.78 is 2.18. The second-order valence-electron chi connectivity index (χ2n) is 6.28. The number of nitrogens with two attached hydrogens (primary N) is 2. The number of halogens is 1. The summed E-state index contributed by atoms with van der Waals surface area (Å²) in [6.45, 7) is 0.732. The van der Waals surface area contributed by atoms with Gasteiger partial charge >= 0.3 is 0 Å². The highest BCUT2D eigenvalue weighted by molar-refractivity contribution is 6.31. The highest BCUT2D eigenvalue weighted by Crippen LogP contribution is 2.26. The summed E-state index contributed by atoms with van der Waals surface area (Å²) in [5.41, 5.74) is 13.9.